The van der Waals surface area contributed by atoms with Gasteiger partial charge in [-0.05, 0) is 36.2 Å². The number of hydrogen-bond donors (Lipinski definition) is 1. The maximum absolute atomic E-state index is 14.1. The van der Waals surface area contributed by atoms with Crippen molar-refractivity contribution in [2.24, 2.45) is 5.73 Å². The SMILES string of the molecule is Cc1cc(C(N)=O)ccc1-c1cccc(C=O)c1F. The van der Waals surface area contributed by atoms with Crippen molar-refractivity contribution in [1.82, 2.24) is 0 Å². The number of aldehydes is 1. The predicted octanol–water partition coefficient (Wildman–Crippen LogP) is 2.71. The monoisotopic (exact) mass is 257 g/mol. The lowest BCUT2D eigenvalue weighted by Crippen LogP contribution is -2.11. The Hall–Kier alpha value is -2.49. The van der Waals surface area contributed by atoms with Crippen LogP contribution in [0.2, 0.25) is 0 Å². The lowest BCUT2D eigenvalue weighted by atomic mass is 9.96. The Morgan fingerprint density at radius 1 is 1.21 bits per heavy atom. The van der Waals surface area contributed by atoms with Crippen molar-refractivity contribution >= 4 is 12.2 Å². The molecule has 2 N–H and O–H groups in total. The van der Waals surface area contributed by atoms with Gasteiger partial charge in [0.1, 0.15) is 5.82 Å². The minimum Gasteiger partial charge on any atom is -0.366 e. The number of rotatable bonds is 3. The van der Waals surface area contributed by atoms with Crippen molar-refractivity contribution in [2.75, 3.05) is 0 Å². The first kappa shape index (κ1) is 13.0. The first-order valence-corrected chi connectivity index (χ1v) is 5.69. The van der Waals surface area contributed by atoms with E-state index in [0.29, 0.717) is 23.0 Å². The van der Waals surface area contributed by atoms with Crippen molar-refractivity contribution in [3.63, 3.8) is 0 Å². The standard InChI is InChI=1S/C15H12FNO2/c1-9-7-10(15(17)19)5-6-12(9)13-4-2-3-11(8-18)14(13)16/h2-8H,1H3,(H2,17,19). The van der Waals surface area contributed by atoms with Gasteiger partial charge in [-0.1, -0.05) is 18.2 Å². The van der Waals surface area contributed by atoms with Crippen molar-refractivity contribution in [3.8, 4) is 11.1 Å². The fraction of sp³-hybridized carbons (Fsp3) is 0.0667. The number of amides is 1. The van der Waals surface area contributed by atoms with Crippen LogP contribution < -0.4 is 5.73 Å². The van der Waals surface area contributed by atoms with Crippen LogP contribution in [0.5, 0.6) is 0 Å². The third-order valence-electron chi connectivity index (χ3n) is 2.96. The molecule has 0 atom stereocenters. The highest BCUT2D eigenvalue weighted by atomic mass is 19.1. The van der Waals surface area contributed by atoms with E-state index < -0.39 is 11.7 Å². The van der Waals surface area contributed by atoms with Crippen LogP contribution in [0.25, 0.3) is 11.1 Å². The van der Waals surface area contributed by atoms with Crippen LogP contribution in [0.1, 0.15) is 26.3 Å². The summed E-state index contributed by atoms with van der Waals surface area (Å²) in [5, 5.41) is 0. The number of hydrogen-bond acceptors (Lipinski definition) is 2. The van der Waals surface area contributed by atoms with E-state index in [9.17, 15) is 14.0 Å². The predicted molar refractivity (Wildman–Crippen MR) is 70.5 cm³/mol. The molecule has 2 rings (SSSR count). The number of carbonyl (C=O) groups is 2. The maximum atomic E-state index is 14.1. The fourth-order valence-corrected chi connectivity index (χ4v) is 1.97. The molecule has 0 bridgehead atoms. The second-order valence-corrected chi connectivity index (χ2v) is 4.22. The molecule has 0 unspecified atom stereocenters. The first-order chi connectivity index (χ1) is 9.04. The molecule has 0 saturated heterocycles. The van der Waals surface area contributed by atoms with Gasteiger partial charge in [-0.25, -0.2) is 4.39 Å². The Morgan fingerprint density at radius 2 is 1.95 bits per heavy atom. The van der Waals surface area contributed by atoms with Crippen LogP contribution >= 0.6 is 0 Å². The summed E-state index contributed by atoms with van der Waals surface area (Å²) in [5.74, 6) is -1.09. The Kier molecular flexibility index (Phi) is 3.42. The molecule has 0 heterocycles. The number of nitrogens with two attached hydrogens (primary N) is 1. The molecule has 0 aliphatic rings. The summed E-state index contributed by atoms with van der Waals surface area (Å²) in [6.07, 6.45) is 0.478. The van der Waals surface area contributed by atoms with E-state index in [2.05, 4.69) is 0 Å². The van der Waals surface area contributed by atoms with Gasteiger partial charge in [0.2, 0.25) is 5.91 Å². The zero-order valence-corrected chi connectivity index (χ0v) is 10.3. The molecule has 4 heteroatoms. The molecule has 0 spiro atoms. The Morgan fingerprint density at radius 3 is 2.53 bits per heavy atom. The molecule has 19 heavy (non-hydrogen) atoms. The molecule has 1 amide bonds. The third-order valence-corrected chi connectivity index (χ3v) is 2.96. The van der Waals surface area contributed by atoms with Crippen LogP contribution in [0, 0.1) is 12.7 Å². The minimum atomic E-state index is -0.563. The van der Waals surface area contributed by atoms with Crippen LogP contribution in [0.15, 0.2) is 36.4 Å². The van der Waals surface area contributed by atoms with Gasteiger partial charge in [-0.15, -0.1) is 0 Å². The van der Waals surface area contributed by atoms with Crippen LogP contribution in [0.3, 0.4) is 0 Å². The summed E-state index contributed by atoms with van der Waals surface area (Å²) in [6.45, 7) is 1.76. The van der Waals surface area contributed by atoms with Gasteiger partial charge in [0.25, 0.3) is 0 Å². The quantitative estimate of drug-likeness (QED) is 0.859. The lowest BCUT2D eigenvalue weighted by Gasteiger charge is -2.09. The smallest absolute Gasteiger partial charge is 0.248 e. The van der Waals surface area contributed by atoms with Crippen molar-refractivity contribution in [2.45, 2.75) is 6.92 Å². The molecule has 0 fully saturated rings. The fourth-order valence-electron chi connectivity index (χ4n) is 1.97. The van der Waals surface area contributed by atoms with Crippen LogP contribution in [0.4, 0.5) is 4.39 Å². The molecule has 96 valence electrons. The maximum Gasteiger partial charge on any atom is 0.248 e. The van der Waals surface area contributed by atoms with Gasteiger partial charge in [-0.2, -0.15) is 0 Å². The molecule has 2 aromatic rings. The summed E-state index contributed by atoms with van der Waals surface area (Å²) in [5.41, 5.74) is 7.25. The molecule has 3 nitrogen and oxygen atoms in total. The molecular weight excluding hydrogens is 245 g/mol. The number of carbonyl (C=O) groups excluding carboxylic acids is 2. The molecule has 0 aliphatic heterocycles. The Labute approximate surface area is 109 Å². The number of primary amides is 1. The number of halogens is 1. The molecule has 2 aromatic carbocycles. The second-order valence-electron chi connectivity index (χ2n) is 4.22. The largest absolute Gasteiger partial charge is 0.366 e. The zero-order valence-electron chi connectivity index (χ0n) is 10.3. The normalized spacial score (nSPS) is 10.2. The third kappa shape index (κ3) is 2.38. The van der Waals surface area contributed by atoms with Crippen LogP contribution in [-0.2, 0) is 0 Å². The van der Waals surface area contributed by atoms with Gasteiger partial charge in [0.05, 0.1) is 5.56 Å². The average Bonchev–Trinajstić information content (AvgIpc) is 2.39. The summed E-state index contributed by atoms with van der Waals surface area (Å²) in [6, 6.07) is 9.39. The van der Waals surface area contributed by atoms with Crippen LogP contribution in [-0.4, -0.2) is 12.2 Å². The highest BCUT2D eigenvalue weighted by molar-refractivity contribution is 5.94. The molecule has 0 radical (unpaired) electrons. The van der Waals surface area contributed by atoms with Crippen molar-refractivity contribution in [1.29, 1.82) is 0 Å². The summed E-state index contributed by atoms with van der Waals surface area (Å²) in [4.78, 5) is 21.8. The topological polar surface area (TPSA) is 60.2 Å². The van der Waals surface area contributed by atoms with E-state index >= 15 is 0 Å². The minimum absolute atomic E-state index is 0.0101. The van der Waals surface area contributed by atoms with Gasteiger partial charge in [0, 0.05) is 11.1 Å². The number of aryl methyl sites for hydroxylation is 1. The van der Waals surface area contributed by atoms with Gasteiger partial charge < -0.3 is 5.73 Å². The van der Waals surface area contributed by atoms with E-state index in [1.54, 1.807) is 31.2 Å². The molecule has 0 saturated carbocycles. The highest BCUT2D eigenvalue weighted by Crippen LogP contribution is 2.28. The molecule has 0 aliphatic carbocycles. The first-order valence-electron chi connectivity index (χ1n) is 5.69. The molecule has 0 aromatic heterocycles. The van der Waals surface area contributed by atoms with E-state index in [4.69, 9.17) is 5.73 Å². The van der Waals surface area contributed by atoms with E-state index in [1.807, 2.05) is 0 Å². The van der Waals surface area contributed by atoms with Gasteiger partial charge >= 0.3 is 0 Å². The molecular formula is C15H12FNO2. The summed E-state index contributed by atoms with van der Waals surface area (Å²) >= 11 is 0. The van der Waals surface area contributed by atoms with Gasteiger partial charge in [0.15, 0.2) is 6.29 Å². The summed E-state index contributed by atoms with van der Waals surface area (Å²) in [7, 11) is 0. The Bertz CT molecular complexity index is 665. The van der Waals surface area contributed by atoms with Crippen molar-refractivity contribution in [3.05, 3.63) is 58.9 Å². The second kappa shape index (κ2) is 5.02. The van der Waals surface area contributed by atoms with E-state index in [1.165, 1.54) is 12.1 Å². The highest BCUT2D eigenvalue weighted by Gasteiger charge is 2.12. The van der Waals surface area contributed by atoms with Crippen molar-refractivity contribution < 1.29 is 14.0 Å². The van der Waals surface area contributed by atoms with Gasteiger partial charge in [-0.3, -0.25) is 9.59 Å². The van der Waals surface area contributed by atoms with E-state index in [-0.39, 0.29) is 5.56 Å². The Balaban J connectivity index is 2.60. The lowest BCUT2D eigenvalue weighted by molar-refractivity contribution is 0.0999. The average molecular weight is 257 g/mol. The zero-order chi connectivity index (χ0) is 14.0. The summed E-state index contributed by atoms with van der Waals surface area (Å²) < 4.78 is 14.1. The van der Waals surface area contributed by atoms with E-state index in [0.717, 1.165) is 5.56 Å². The number of benzene rings is 2.